The molecule has 0 aliphatic heterocycles. The second kappa shape index (κ2) is 5.17. The van der Waals surface area contributed by atoms with Crippen molar-refractivity contribution in [3.05, 3.63) is 29.6 Å². The minimum absolute atomic E-state index is 0.00972. The Kier molecular flexibility index (Phi) is 3.90. The Bertz CT molecular complexity index is 450. The van der Waals surface area contributed by atoms with Crippen LogP contribution in [0.25, 0.3) is 6.08 Å². The molecule has 0 radical (unpaired) electrons. The lowest BCUT2D eigenvalue weighted by Gasteiger charge is -2.06. The lowest BCUT2D eigenvalue weighted by Crippen LogP contribution is -2.12. The van der Waals surface area contributed by atoms with Crippen LogP contribution >= 0.6 is 0 Å². The van der Waals surface area contributed by atoms with Gasteiger partial charge in [0.1, 0.15) is 11.6 Å². The number of aromatic nitrogens is 1. The molecule has 1 aromatic heterocycles. The van der Waals surface area contributed by atoms with E-state index in [0.717, 1.165) is 5.69 Å². The quantitative estimate of drug-likeness (QED) is 0.442. The maximum Gasteiger partial charge on any atom is 0.349 e. The number of carbonyl (C=O) groups is 1. The van der Waals surface area contributed by atoms with Crippen molar-refractivity contribution < 1.29 is 9.53 Å². The van der Waals surface area contributed by atoms with Gasteiger partial charge in [-0.2, -0.15) is 5.26 Å². The summed E-state index contributed by atoms with van der Waals surface area (Å²) in [6, 6.07) is 5.51. The van der Waals surface area contributed by atoms with Crippen molar-refractivity contribution >= 4 is 12.0 Å². The number of carbonyl (C=O) groups excluding carboxylic acids is 1. The maximum absolute atomic E-state index is 11.5. The number of esters is 1. The topological polar surface area (TPSA) is 55.0 Å². The van der Waals surface area contributed by atoms with Crippen molar-refractivity contribution in [1.82, 2.24) is 4.57 Å². The van der Waals surface area contributed by atoms with Crippen LogP contribution in [0.1, 0.15) is 19.5 Å². The third kappa shape index (κ3) is 2.99. The molecule has 0 aliphatic rings. The van der Waals surface area contributed by atoms with Gasteiger partial charge in [-0.3, -0.25) is 0 Å². The van der Waals surface area contributed by atoms with Crippen molar-refractivity contribution in [2.24, 2.45) is 7.05 Å². The minimum Gasteiger partial charge on any atom is -0.459 e. The largest absolute Gasteiger partial charge is 0.459 e. The molecular weight excluding hydrogens is 204 g/mol. The highest BCUT2D eigenvalue weighted by molar-refractivity contribution is 5.97. The average molecular weight is 218 g/mol. The van der Waals surface area contributed by atoms with Crippen LogP contribution in [0, 0.1) is 11.3 Å². The first-order valence-corrected chi connectivity index (χ1v) is 4.98. The molecule has 4 heteroatoms. The fraction of sp³-hybridized carbons (Fsp3) is 0.333. The molecule has 0 amide bonds. The average Bonchev–Trinajstić information content (AvgIpc) is 2.59. The van der Waals surface area contributed by atoms with Crippen LogP contribution < -0.4 is 0 Å². The molecule has 0 saturated heterocycles. The molecule has 0 bridgehead atoms. The van der Waals surface area contributed by atoms with Crippen LogP contribution in [0.2, 0.25) is 0 Å². The van der Waals surface area contributed by atoms with E-state index in [9.17, 15) is 4.79 Å². The fourth-order valence-electron chi connectivity index (χ4n) is 1.19. The van der Waals surface area contributed by atoms with E-state index < -0.39 is 5.97 Å². The number of hydrogen-bond acceptors (Lipinski definition) is 3. The molecule has 1 rings (SSSR count). The van der Waals surface area contributed by atoms with E-state index in [1.54, 1.807) is 13.8 Å². The van der Waals surface area contributed by atoms with E-state index in [-0.39, 0.29) is 11.7 Å². The van der Waals surface area contributed by atoms with Gasteiger partial charge < -0.3 is 9.30 Å². The van der Waals surface area contributed by atoms with Crippen molar-refractivity contribution in [3.63, 3.8) is 0 Å². The maximum atomic E-state index is 11.5. The number of aryl methyl sites for hydroxylation is 1. The monoisotopic (exact) mass is 218 g/mol. The molecule has 0 saturated carbocycles. The summed E-state index contributed by atoms with van der Waals surface area (Å²) in [5.41, 5.74) is 0.799. The molecular formula is C12H14N2O2. The van der Waals surface area contributed by atoms with E-state index in [1.165, 1.54) is 6.08 Å². The van der Waals surface area contributed by atoms with Gasteiger partial charge in [0.15, 0.2) is 0 Å². The smallest absolute Gasteiger partial charge is 0.349 e. The second-order valence-electron chi connectivity index (χ2n) is 3.67. The number of nitrogens with zero attached hydrogens (tertiary/aromatic N) is 2. The highest BCUT2D eigenvalue weighted by Gasteiger charge is 2.12. The molecule has 1 heterocycles. The highest BCUT2D eigenvalue weighted by atomic mass is 16.5. The zero-order valence-electron chi connectivity index (χ0n) is 9.60. The summed E-state index contributed by atoms with van der Waals surface area (Å²) in [6.45, 7) is 3.49. The van der Waals surface area contributed by atoms with E-state index in [4.69, 9.17) is 10.00 Å². The molecule has 0 aliphatic carbocycles. The third-order valence-corrected chi connectivity index (χ3v) is 1.96. The Morgan fingerprint density at radius 2 is 2.31 bits per heavy atom. The third-order valence-electron chi connectivity index (χ3n) is 1.96. The van der Waals surface area contributed by atoms with Crippen LogP contribution in [-0.4, -0.2) is 16.6 Å². The van der Waals surface area contributed by atoms with Crippen molar-refractivity contribution in [1.29, 1.82) is 5.26 Å². The Hall–Kier alpha value is -2.02. The number of nitriles is 1. The van der Waals surface area contributed by atoms with Crippen LogP contribution in [0.3, 0.4) is 0 Å². The van der Waals surface area contributed by atoms with E-state index in [0.29, 0.717) is 0 Å². The van der Waals surface area contributed by atoms with E-state index in [1.807, 2.05) is 36.0 Å². The SMILES string of the molecule is CC(C)OC(=O)/C(C#N)=C/c1cccn1C. The molecule has 0 spiro atoms. The molecule has 0 unspecified atom stereocenters. The van der Waals surface area contributed by atoms with Gasteiger partial charge >= 0.3 is 5.97 Å². The Morgan fingerprint density at radius 1 is 1.62 bits per heavy atom. The second-order valence-corrected chi connectivity index (χ2v) is 3.67. The molecule has 84 valence electrons. The first kappa shape index (κ1) is 12.1. The Balaban J connectivity index is 2.92. The lowest BCUT2D eigenvalue weighted by molar-refractivity contribution is -0.142. The summed E-state index contributed by atoms with van der Waals surface area (Å²) in [5.74, 6) is -0.585. The summed E-state index contributed by atoms with van der Waals surface area (Å²) in [7, 11) is 1.84. The van der Waals surface area contributed by atoms with E-state index in [2.05, 4.69) is 0 Å². The number of rotatable bonds is 3. The van der Waals surface area contributed by atoms with Gasteiger partial charge in [-0.1, -0.05) is 0 Å². The van der Waals surface area contributed by atoms with Gasteiger partial charge in [0, 0.05) is 18.9 Å². The summed E-state index contributed by atoms with van der Waals surface area (Å²) in [6.07, 6.45) is 3.14. The van der Waals surface area contributed by atoms with Gasteiger partial charge in [-0.05, 0) is 32.1 Å². The van der Waals surface area contributed by atoms with Crippen molar-refractivity contribution in [3.8, 4) is 6.07 Å². The first-order chi connectivity index (χ1) is 7.54. The Morgan fingerprint density at radius 3 is 2.75 bits per heavy atom. The number of ether oxygens (including phenoxy) is 1. The van der Waals surface area contributed by atoms with Crippen LogP contribution in [-0.2, 0) is 16.6 Å². The first-order valence-electron chi connectivity index (χ1n) is 4.98. The van der Waals surface area contributed by atoms with Gasteiger partial charge in [0.25, 0.3) is 0 Å². The van der Waals surface area contributed by atoms with Crippen LogP contribution in [0.4, 0.5) is 0 Å². The van der Waals surface area contributed by atoms with Crippen molar-refractivity contribution in [2.45, 2.75) is 20.0 Å². The summed E-state index contributed by atoms with van der Waals surface area (Å²) >= 11 is 0. The zero-order chi connectivity index (χ0) is 12.1. The summed E-state index contributed by atoms with van der Waals surface area (Å²) < 4.78 is 6.77. The molecule has 0 aromatic carbocycles. The summed E-state index contributed by atoms with van der Waals surface area (Å²) in [5, 5.41) is 8.87. The van der Waals surface area contributed by atoms with Gasteiger partial charge in [-0.15, -0.1) is 0 Å². The molecule has 16 heavy (non-hydrogen) atoms. The van der Waals surface area contributed by atoms with Crippen molar-refractivity contribution in [2.75, 3.05) is 0 Å². The van der Waals surface area contributed by atoms with E-state index >= 15 is 0 Å². The van der Waals surface area contributed by atoms with Crippen LogP contribution in [0.15, 0.2) is 23.9 Å². The number of hydrogen-bond donors (Lipinski definition) is 0. The fourth-order valence-corrected chi connectivity index (χ4v) is 1.19. The highest BCUT2D eigenvalue weighted by Crippen LogP contribution is 2.08. The Labute approximate surface area is 94.7 Å². The van der Waals surface area contributed by atoms with Crippen LogP contribution in [0.5, 0.6) is 0 Å². The van der Waals surface area contributed by atoms with Gasteiger partial charge in [-0.25, -0.2) is 4.79 Å². The van der Waals surface area contributed by atoms with Gasteiger partial charge in [0.2, 0.25) is 0 Å². The molecule has 0 fully saturated rings. The minimum atomic E-state index is -0.585. The zero-order valence-corrected chi connectivity index (χ0v) is 9.60. The van der Waals surface area contributed by atoms with Gasteiger partial charge in [0.05, 0.1) is 6.10 Å². The molecule has 4 nitrogen and oxygen atoms in total. The standard InChI is InChI=1S/C12H14N2O2/c1-9(2)16-12(15)10(8-13)7-11-5-4-6-14(11)3/h4-7,9H,1-3H3/b10-7+. The molecule has 0 N–H and O–H groups in total. The predicted molar refractivity (Wildman–Crippen MR) is 60.2 cm³/mol. The lowest BCUT2D eigenvalue weighted by atomic mass is 10.2. The summed E-state index contributed by atoms with van der Waals surface area (Å²) in [4.78, 5) is 11.5. The molecule has 1 aromatic rings. The molecule has 0 atom stereocenters. The normalized spacial score (nSPS) is 11.3. The predicted octanol–water partition coefficient (Wildman–Crippen LogP) is 1.88.